The highest BCUT2D eigenvalue weighted by atomic mass is 32.2. The van der Waals surface area contributed by atoms with Crippen molar-refractivity contribution >= 4 is 29.1 Å². The maximum atomic E-state index is 10.3. The Hall–Kier alpha value is -0.620. The molecular weight excluding hydrogens is 220 g/mol. The van der Waals surface area contributed by atoms with Crippen LogP contribution in [0.25, 0.3) is 0 Å². The summed E-state index contributed by atoms with van der Waals surface area (Å²) >= 11 is 3.02. The zero-order chi connectivity index (χ0) is 10.4. The summed E-state index contributed by atoms with van der Waals surface area (Å²) in [7, 11) is 0. The van der Waals surface area contributed by atoms with Crippen LogP contribution in [0.2, 0.25) is 0 Å². The molecule has 0 bridgehead atoms. The molecular formula is C8H12N2O2S2. The van der Waals surface area contributed by atoms with Gasteiger partial charge in [-0.25, -0.2) is 0 Å². The van der Waals surface area contributed by atoms with Gasteiger partial charge in [-0.1, -0.05) is 30.0 Å². The van der Waals surface area contributed by atoms with Crippen molar-refractivity contribution in [1.29, 1.82) is 0 Å². The number of carboxylic acid groups (broad SMARTS) is 1. The molecule has 6 heteroatoms. The normalized spacial score (nSPS) is 10.4. The van der Waals surface area contributed by atoms with Gasteiger partial charge in [-0.2, -0.15) is 0 Å². The summed E-state index contributed by atoms with van der Waals surface area (Å²) in [4.78, 5) is 10.3. The van der Waals surface area contributed by atoms with Crippen molar-refractivity contribution in [3.8, 4) is 0 Å². The summed E-state index contributed by atoms with van der Waals surface area (Å²) in [5.74, 6) is -0.202. The van der Waals surface area contributed by atoms with Crippen LogP contribution in [0.4, 0.5) is 0 Å². The van der Waals surface area contributed by atoms with Gasteiger partial charge >= 0.3 is 5.97 Å². The lowest BCUT2D eigenvalue weighted by Gasteiger charge is -1.91. The predicted molar refractivity (Wildman–Crippen MR) is 56.9 cm³/mol. The topological polar surface area (TPSA) is 63.1 Å². The number of thioether (sulfide) groups is 1. The largest absolute Gasteiger partial charge is 0.481 e. The van der Waals surface area contributed by atoms with Gasteiger partial charge in [-0.15, -0.1) is 10.2 Å². The molecule has 0 amide bonds. The van der Waals surface area contributed by atoms with Crippen LogP contribution in [0.3, 0.4) is 0 Å². The summed E-state index contributed by atoms with van der Waals surface area (Å²) in [5.41, 5.74) is 0. The van der Waals surface area contributed by atoms with Crippen molar-refractivity contribution in [1.82, 2.24) is 10.2 Å². The molecule has 0 saturated carbocycles. The molecule has 0 spiro atoms. The zero-order valence-corrected chi connectivity index (χ0v) is 9.53. The lowest BCUT2D eigenvalue weighted by molar-refractivity contribution is -0.136. The molecule has 0 aliphatic rings. The van der Waals surface area contributed by atoms with Gasteiger partial charge in [0.05, 0.1) is 6.42 Å². The molecule has 0 aliphatic heterocycles. The molecule has 1 aromatic heterocycles. The summed E-state index contributed by atoms with van der Waals surface area (Å²) in [6.45, 7) is 2.10. The van der Waals surface area contributed by atoms with Gasteiger partial charge in [0, 0.05) is 12.2 Å². The molecule has 78 valence electrons. The minimum absolute atomic E-state index is 0.174. The summed E-state index contributed by atoms with van der Waals surface area (Å²) < 4.78 is 0.870. The number of hydrogen-bond donors (Lipinski definition) is 1. The van der Waals surface area contributed by atoms with Crippen LogP contribution >= 0.6 is 23.1 Å². The van der Waals surface area contributed by atoms with E-state index in [1.807, 2.05) is 0 Å². The minimum atomic E-state index is -0.768. The molecule has 0 unspecified atom stereocenters. The molecule has 0 radical (unpaired) electrons. The Kier molecular flexibility index (Phi) is 4.89. The third kappa shape index (κ3) is 4.06. The number of carboxylic acids is 1. The molecule has 0 atom stereocenters. The molecule has 1 heterocycles. The van der Waals surface area contributed by atoms with Crippen molar-refractivity contribution in [3.63, 3.8) is 0 Å². The maximum Gasteiger partial charge on any atom is 0.304 e. The third-order valence-corrected chi connectivity index (χ3v) is 3.57. The fourth-order valence-electron chi connectivity index (χ4n) is 0.837. The molecule has 0 aliphatic carbocycles. The number of hydrogen-bond acceptors (Lipinski definition) is 5. The molecule has 4 nitrogen and oxygen atoms in total. The molecule has 0 saturated heterocycles. The van der Waals surface area contributed by atoms with Crippen molar-refractivity contribution in [2.45, 2.75) is 30.5 Å². The number of nitrogens with zero attached hydrogens (tertiary/aromatic N) is 2. The molecule has 1 rings (SSSR count). The van der Waals surface area contributed by atoms with Gasteiger partial charge in [-0.05, 0) is 6.42 Å². The van der Waals surface area contributed by atoms with E-state index in [1.54, 1.807) is 11.3 Å². The second-order valence-corrected chi connectivity index (χ2v) is 5.11. The van der Waals surface area contributed by atoms with Crippen LogP contribution in [0.1, 0.15) is 24.8 Å². The SMILES string of the molecule is CCCc1nnc(SCCC(=O)O)s1. The quantitative estimate of drug-likeness (QED) is 0.761. The average molecular weight is 232 g/mol. The number of carbonyl (C=O) groups is 1. The fraction of sp³-hybridized carbons (Fsp3) is 0.625. The fourth-order valence-corrected chi connectivity index (χ4v) is 2.83. The number of aryl methyl sites for hydroxylation is 1. The highest BCUT2D eigenvalue weighted by Crippen LogP contribution is 2.23. The highest BCUT2D eigenvalue weighted by molar-refractivity contribution is 8.01. The summed E-state index contributed by atoms with van der Waals surface area (Å²) in [6, 6.07) is 0. The standard InChI is InChI=1S/C8H12N2O2S2/c1-2-3-6-9-10-8(14-6)13-5-4-7(11)12/h2-5H2,1H3,(H,11,12). The Balaban J connectivity index is 2.32. The number of aliphatic carboxylic acids is 1. The first-order valence-corrected chi connectivity index (χ1v) is 6.19. The van der Waals surface area contributed by atoms with Crippen molar-refractivity contribution in [3.05, 3.63) is 5.01 Å². The number of aromatic nitrogens is 2. The summed E-state index contributed by atoms with van der Waals surface area (Å²) in [6.07, 6.45) is 2.19. The van der Waals surface area contributed by atoms with E-state index in [4.69, 9.17) is 5.11 Å². The van der Waals surface area contributed by atoms with Crippen LogP contribution in [0.5, 0.6) is 0 Å². The molecule has 1 aromatic rings. The van der Waals surface area contributed by atoms with Gasteiger partial charge in [0.15, 0.2) is 4.34 Å². The predicted octanol–water partition coefficient (Wildman–Crippen LogP) is 2.06. The van der Waals surface area contributed by atoms with Crippen LogP contribution < -0.4 is 0 Å². The van der Waals surface area contributed by atoms with E-state index < -0.39 is 5.97 Å². The van der Waals surface area contributed by atoms with E-state index in [9.17, 15) is 4.79 Å². The Labute approximate surface area is 90.7 Å². The van der Waals surface area contributed by atoms with Crippen LogP contribution in [0, 0.1) is 0 Å². The second kappa shape index (κ2) is 5.98. The maximum absolute atomic E-state index is 10.3. The summed E-state index contributed by atoms with van der Waals surface area (Å²) in [5, 5.41) is 17.4. The van der Waals surface area contributed by atoms with Crippen LogP contribution in [-0.2, 0) is 11.2 Å². The van der Waals surface area contributed by atoms with Crippen molar-refractivity contribution < 1.29 is 9.90 Å². The van der Waals surface area contributed by atoms with Crippen LogP contribution in [-0.4, -0.2) is 27.0 Å². The number of rotatable bonds is 6. The highest BCUT2D eigenvalue weighted by Gasteiger charge is 2.04. The minimum Gasteiger partial charge on any atom is -0.481 e. The van der Waals surface area contributed by atoms with E-state index in [0.717, 1.165) is 22.2 Å². The van der Waals surface area contributed by atoms with E-state index in [0.29, 0.717) is 5.75 Å². The van der Waals surface area contributed by atoms with E-state index in [-0.39, 0.29) is 6.42 Å². The Bertz CT molecular complexity index is 301. The smallest absolute Gasteiger partial charge is 0.304 e. The van der Waals surface area contributed by atoms with Gasteiger partial charge in [0.2, 0.25) is 0 Å². The van der Waals surface area contributed by atoms with Gasteiger partial charge < -0.3 is 5.11 Å². The van der Waals surface area contributed by atoms with E-state index >= 15 is 0 Å². The van der Waals surface area contributed by atoms with Crippen molar-refractivity contribution in [2.24, 2.45) is 0 Å². The Morgan fingerprint density at radius 2 is 2.36 bits per heavy atom. The monoisotopic (exact) mass is 232 g/mol. The Morgan fingerprint density at radius 3 is 3.00 bits per heavy atom. The van der Waals surface area contributed by atoms with Gasteiger partial charge in [0.25, 0.3) is 0 Å². The zero-order valence-electron chi connectivity index (χ0n) is 7.89. The lowest BCUT2D eigenvalue weighted by atomic mass is 10.4. The van der Waals surface area contributed by atoms with Crippen LogP contribution in [0.15, 0.2) is 4.34 Å². The van der Waals surface area contributed by atoms with E-state index in [1.165, 1.54) is 11.8 Å². The molecule has 0 aromatic carbocycles. The Morgan fingerprint density at radius 1 is 1.57 bits per heavy atom. The first kappa shape index (κ1) is 11.5. The lowest BCUT2D eigenvalue weighted by Crippen LogP contribution is -1.95. The van der Waals surface area contributed by atoms with Crippen molar-refractivity contribution in [2.75, 3.05) is 5.75 Å². The average Bonchev–Trinajstić information content (AvgIpc) is 2.53. The first-order chi connectivity index (χ1) is 6.72. The third-order valence-electron chi connectivity index (χ3n) is 1.45. The van der Waals surface area contributed by atoms with Gasteiger partial charge in [-0.3, -0.25) is 4.79 Å². The molecule has 14 heavy (non-hydrogen) atoms. The van der Waals surface area contributed by atoms with Gasteiger partial charge in [0.1, 0.15) is 5.01 Å². The van der Waals surface area contributed by atoms with E-state index in [2.05, 4.69) is 17.1 Å². The molecule has 0 fully saturated rings. The first-order valence-electron chi connectivity index (χ1n) is 4.39. The molecule has 1 N–H and O–H groups in total. The second-order valence-electron chi connectivity index (χ2n) is 2.70.